The minimum Gasteiger partial charge on any atom is -0.397 e. The molecule has 0 bridgehead atoms. The van der Waals surface area contributed by atoms with Crippen molar-refractivity contribution in [3.63, 3.8) is 0 Å². The number of nitrogens with zero attached hydrogens (tertiary/aromatic N) is 2. The van der Waals surface area contributed by atoms with Gasteiger partial charge in [0.05, 0.1) is 15.6 Å². The molecule has 0 saturated carbocycles. The van der Waals surface area contributed by atoms with E-state index < -0.39 is 0 Å². The standard InChI is InChI=1S/C11H14N4O2S/c1-6(16)11-8(12)5-10(18-11)13-4-3-9-14-7(2)17-15-9/h5,13H,3-4,12H2,1-2H3. The number of anilines is 2. The topological polar surface area (TPSA) is 94.0 Å². The van der Waals surface area contributed by atoms with Crippen LogP contribution in [0.4, 0.5) is 10.7 Å². The lowest BCUT2D eigenvalue weighted by Crippen LogP contribution is -2.04. The van der Waals surface area contributed by atoms with Gasteiger partial charge in [0.2, 0.25) is 5.89 Å². The lowest BCUT2D eigenvalue weighted by atomic mass is 10.3. The molecule has 0 aliphatic rings. The van der Waals surface area contributed by atoms with E-state index in [0.717, 1.165) is 5.00 Å². The van der Waals surface area contributed by atoms with Gasteiger partial charge >= 0.3 is 0 Å². The van der Waals surface area contributed by atoms with Gasteiger partial charge in [-0.05, 0) is 6.07 Å². The van der Waals surface area contributed by atoms with E-state index in [2.05, 4.69) is 15.5 Å². The number of hydrogen-bond donors (Lipinski definition) is 2. The number of thiophene rings is 1. The predicted octanol–water partition coefficient (Wildman–Crippen LogP) is 1.88. The van der Waals surface area contributed by atoms with Gasteiger partial charge in [-0.2, -0.15) is 4.98 Å². The summed E-state index contributed by atoms with van der Waals surface area (Å²) < 4.78 is 4.87. The molecular formula is C11H14N4O2S. The summed E-state index contributed by atoms with van der Waals surface area (Å²) in [5, 5.41) is 7.85. The molecule has 18 heavy (non-hydrogen) atoms. The van der Waals surface area contributed by atoms with Gasteiger partial charge < -0.3 is 15.6 Å². The van der Waals surface area contributed by atoms with Crippen molar-refractivity contribution in [3.05, 3.63) is 22.7 Å². The molecule has 0 spiro atoms. The van der Waals surface area contributed by atoms with Crippen molar-refractivity contribution in [2.45, 2.75) is 20.3 Å². The summed E-state index contributed by atoms with van der Waals surface area (Å²) in [4.78, 5) is 15.9. The van der Waals surface area contributed by atoms with Crippen molar-refractivity contribution >= 4 is 27.8 Å². The fourth-order valence-corrected chi connectivity index (χ4v) is 2.41. The Morgan fingerprint density at radius 2 is 2.39 bits per heavy atom. The molecule has 2 aromatic heterocycles. The Morgan fingerprint density at radius 3 is 2.94 bits per heavy atom. The van der Waals surface area contributed by atoms with E-state index in [0.29, 0.717) is 35.2 Å². The largest absolute Gasteiger partial charge is 0.397 e. The van der Waals surface area contributed by atoms with Crippen LogP contribution in [0.15, 0.2) is 10.6 Å². The fourth-order valence-electron chi connectivity index (χ4n) is 1.51. The van der Waals surface area contributed by atoms with Crippen LogP contribution in [0.5, 0.6) is 0 Å². The molecule has 0 fully saturated rings. The molecular weight excluding hydrogens is 252 g/mol. The van der Waals surface area contributed by atoms with Gasteiger partial charge in [-0.1, -0.05) is 5.16 Å². The molecule has 0 aromatic carbocycles. The summed E-state index contributed by atoms with van der Waals surface area (Å²) in [6.45, 7) is 3.92. The number of aryl methyl sites for hydroxylation is 1. The summed E-state index contributed by atoms with van der Waals surface area (Å²) in [5.74, 6) is 1.21. The second kappa shape index (κ2) is 5.18. The van der Waals surface area contributed by atoms with Gasteiger partial charge in [-0.3, -0.25) is 4.79 Å². The van der Waals surface area contributed by atoms with E-state index >= 15 is 0 Å². The number of carbonyl (C=O) groups is 1. The Hall–Kier alpha value is -1.89. The summed E-state index contributed by atoms with van der Waals surface area (Å²) >= 11 is 1.36. The molecule has 0 saturated heterocycles. The van der Waals surface area contributed by atoms with Crippen molar-refractivity contribution in [1.82, 2.24) is 10.1 Å². The Kier molecular flexibility index (Phi) is 3.61. The Bertz CT molecular complexity index is 561. The lowest BCUT2D eigenvalue weighted by molar-refractivity contribution is 0.102. The van der Waals surface area contributed by atoms with Crippen molar-refractivity contribution in [2.24, 2.45) is 0 Å². The molecule has 0 radical (unpaired) electrons. The summed E-state index contributed by atoms with van der Waals surface area (Å²) in [7, 11) is 0. The predicted molar refractivity (Wildman–Crippen MR) is 70.0 cm³/mol. The maximum absolute atomic E-state index is 11.2. The maximum atomic E-state index is 11.2. The number of rotatable bonds is 5. The van der Waals surface area contributed by atoms with Gasteiger partial charge in [0.25, 0.3) is 0 Å². The van der Waals surface area contributed by atoms with Crippen LogP contribution in [-0.4, -0.2) is 22.5 Å². The number of aromatic nitrogens is 2. The highest BCUT2D eigenvalue weighted by molar-refractivity contribution is 7.18. The van der Waals surface area contributed by atoms with Gasteiger partial charge in [-0.25, -0.2) is 0 Å². The molecule has 6 nitrogen and oxygen atoms in total. The first kappa shape index (κ1) is 12.6. The molecule has 3 N–H and O–H groups in total. The quantitative estimate of drug-likeness (QED) is 0.802. The second-order valence-electron chi connectivity index (χ2n) is 3.86. The van der Waals surface area contributed by atoms with E-state index in [4.69, 9.17) is 10.3 Å². The highest BCUT2D eigenvalue weighted by atomic mass is 32.1. The Balaban J connectivity index is 1.90. The molecule has 7 heteroatoms. The number of ketones is 1. The molecule has 96 valence electrons. The Morgan fingerprint density at radius 1 is 1.61 bits per heavy atom. The highest BCUT2D eigenvalue weighted by Gasteiger charge is 2.10. The first-order chi connectivity index (χ1) is 8.56. The molecule has 0 aliphatic carbocycles. The number of nitrogens with two attached hydrogens (primary N) is 1. The van der Waals surface area contributed by atoms with Crippen molar-refractivity contribution < 1.29 is 9.32 Å². The third-order valence-corrected chi connectivity index (χ3v) is 3.51. The van der Waals surface area contributed by atoms with Crippen molar-refractivity contribution in [3.8, 4) is 0 Å². The van der Waals surface area contributed by atoms with Crippen LogP contribution in [0.2, 0.25) is 0 Å². The normalized spacial score (nSPS) is 10.6. The SMILES string of the molecule is CC(=O)c1sc(NCCc2noc(C)n2)cc1N. The highest BCUT2D eigenvalue weighted by Crippen LogP contribution is 2.29. The maximum Gasteiger partial charge on any atom is 0.223 e. The van der Waals surface area contributed by atoms with Crippen molar-refractivity contribution in [1.29, 1.82) is 0 Å². The summed E-state index contributed by atoms with van der Waals surface area (Å²) in [6, 6.07) is 1.77. The molecule has 0 unspecified atom stereocenters. The zero-order chi connectivity index (χ0) is 13.1. The fraction of sp³-hybridized carbons (Fsp3) is 0.364. The van der Waals surface area contributed by atoms with Crippen LogP contribution in [0, 0.1) is 6.92 Å². The average Bonchev–Trinajstić information content (AvgIpc) is 2.85. The summed E-state index contributed by atoms with van der Waals surface area (Å²) in [5.41, 5.74) is 6.26. The van der Waals surface area contributed by atoms with Gasteiger partial charge in [0, 0.05) is 26.8 Å². The molecule has 2 rings (SSSR count). The third kappa shape index (κ3) is 2.86. The third-order valence-electron chi connectivity index (χ3n) is 2.30. The smallest absolute Gasteiger partial charge is 0.223 e. The van der Waals surface area contributed by atoms with Gasteiger partial charge in [0.1, 0.15) is 0 Å². The van der Waals surface area contributed by atoms with Crippen LogP contribution in [-0.2, 0) is 6.42 Å². The van der Waals surface area contributed by atoms with E-state index in [1.807, 2.05) is 0 Å². The number of Topliss-reactive ketones (excluding diaryl/α,β-unsaturated/α-hetero) is 1. The first-order valence-corrected chi connectivity index (χ1v) is 6.31. The second-order valence-corrected chi connectivity index (χ2v) is 4.91. The van der Waals surface area contributed by atoms with Crippen LogP contribution in [0.3, 0.4) is 0 Å². The molecule has 0 amide bonds. The van der Waals surface area contributed by atoms with E-state index in [-0.39, 0.29) is 5.78 Å². The number of nitrogen functional groups attached to an aromatic ring is 1. The molecule has 0 atom stereocenters. The van der Waals surface area contributed by atoms with Gasteiger partial charge in [-0.15, -0.1) is 11.3 Å². The molecule has 2 aromatic rings. The van der Waals surface area contributed by atoms with Crippen LogP contribution < -0.4 is 11.1 Å². The van der Waals surface area contributed by atoms with E-state index in [9.17, 15) is 4.79 Å². The molecule has 2 heterocycles. The number of hydrogen-bond acceptors (Lipinski definition) is 7. The number of carbonyl (C=O) groups excluding carboxylic acids is 1. The lowest BCUT2D eigenvalue weighted by Gasteiger charge is -1.99. The minimum absolute atomic E-state index is 0.0145. The van der Waals surface area contributed by atoms with E-state index in [1.54, 1.807) is 13.0 Å². The zero-order valence-corrected chi connectivity index (χ0v) is 11.0. The number of nitrogens with one attached hydrogen (secondary N) is 1. The van der Waals surface area contributed by atoms with E-state index in [1.165, 1.54) is 18.3 Å². The molecule has 0 aliphatic heterocycles. The van der Waals surface area contributed by atoms with Crippen LogP contribution in [0.25, 0.3) is 0 Å². The Labute approximate surface area is 108 Å². The van der Waals surface area contributed by atoms with Crippen molar-refractivity contribution in [2.75, 3.05) is 17.6 Å². The average molecular weight is 266 g/mol. The zero-order valence-electron chi connectivity index (χ0n) is 10.2. The van der Waals surface area contributed by atoms with Crippen LogP contribution >= 0.6 is 11.3 Å². The minimum atomic E-state index is -0.0145. The monoisotopic (exact) mass is 266 g/mol. The van der Waals surface area contributed by atoms with Crippen LogP contribution in [0.1, 0.15) is 28.3 Å². The first-order valence-electron chi connectivity index (χ1n) is 5.49. The summed E-state index contributed by atoms with van der Waals surface area (Å²) in [6.07, 6.45) is 0.657. The van der Waals surface area contributed by atoms with Gasteiger partial charge in [0.15, 0.2) is 11.6 Å².